The van der Waals surface area contributed by atoms with E-state index in [0.717, 1.165) is 24.1 Å². The van der Waals surface area contributed by atoms with Crippen molar-refractivity contribution in [3.8, 4) is 0 Å². The highest BCUT2D eigenvalue weighted by molar-refractivity contribution is 5.94. The molecular formula is C17H26N2O. The maximum atomic E-state index is 11.9. The standard InChI is InChI=1S/C17H26N2O/c1-15-8-7-9-16(14-15)17(20)18-10-3-6-13-19-11-4-2-5-12-19/h7-9,14H,2-6,10-13H2,1H3,(H,18,20). The van der Waals surface area contributed by atoms with Gasteiger partial charge in [-0.15, -0.1) is 0 Å². The Morgan fingerprint density at radius 3 is 2.75 bits per heavy atom. The first-order valence-electron chi connectivity index (χ1n) is 7.83. The Morgan fingerprint density at radius 1 is 1.20 bits per heavy atom. The third kappa shape index (κ3) is 4.97. The van der Waals surface area contributed by atoms with Crippen LogP contribution in [0.2, 0.25) is 0 Å². The lowest BCUT2D eigenvalue weighted by Crippen LogP contribution is -2.31. The molecular weight excluding hydrogens is 248 g/mol. The molecule has 0 aliphatic carbocycles. The fraction of sp³-hybridized carbons (Fsp3) is 0.588. The molecule has 0 bridgehead atoms. The summed E-state index contributed by atoms with van der Waals surface area (Å²) in [5.41, 5.74) is 1.89. The predicted octanol–water partition coefficient (Wildman–Crippen LogP) is 2.99. The van der Waals surface area contributed by atoms with E-state index in [-0.39, 0.29) is 5.91 Å². The van der Waals surface area contributed by atoms with E-state index in [9.17, 15) is 4.79 Å². The minimum Gasteiger partial charge on any atom is -0.352 e. The van der Waals surface area contributed by atoms with Gasteiger partial charge in [-0.05, 0) is 64.4 Å². The second-order valence-electron chi connectivity index (χ2n) is 5.73. The molecule has 1 saturated heterocycles. The Kier molecular flexibility index (Phi) is 6.06. The van der Waals surface area contributed by atoms with Gasteiger partial charge >= 0.3 is 0 Å². The van der Waals surface area contributed by atoms with Gasteiger partial charge in [-0.3, -0.25) is 4.79 Å². The van der Waals surface area contributed by atoms with E-state index in [4.69, 9.17) is 0 Å². The van der Waals surface area contributed by atoms with E-state index in [0.29, 0.717) is 0 Å². The highest BCUT2D eigenvalue weighted by Gasteiger charge is 2.09. The molecule has 1 aromatic carbocycles. The molecule has 0 unspecified atom stereocenters. The van der Waals surface area contributed by atoms with Crippen molar-refractivity contribution in [1.29, 1.82) is 0 Å². The third-order valence-corrected chi connectivity index (χ3v) is 3.92. The summed E-state index contributed by atoms with van der Waals surface area (Å²) in [5, 5.41) is 3.01. The number of rotatable bonds is 6. The van der Waals surface area contributed by atoms with E-state index in [1.165, 1.54) is 45.3 Å². The largest absolute Gasteiger partial charge is 0.352 e. The summed E-state index contributed by atoms with van der Waals surface area (Å²) in [6.45, 7) is 6.49. The number of aryl methyl sites for hydroxylation is 1. The van der Waals surface area contributed by atoms with Gasteiger partial charge in [0.2, 0.25) is 0 Å². The molecule has 20 heavy (non-hydrogen) atoms. The van der Waals surface area contributed by atoms with Crippen LogP contribution in [0.15, 0.2) is 24.3 Å². The fourth-order valence-corrected chi connectivity index (χ4v) is 2.73. The first-order valence-corrected chi connectivity index (χ1v) is 7.83. The van der Waals surface area contributed by atoms with Gasteiger partial charge < -0.3 is 10.2 Å². The number of likely N-dealkylation sites (tertiary alicyclic amines) is 1. The molecule has 110 valence electrons. The second kappa shape index (κ2) is 8.05. The Morgan fingerprint density at radius 2 is 2.00 bits per heavy atom. The van der Waals surface area contributed by atoms with Crippen molar-refractivity contribution in [2.75, 3.05) is 26.2 Å². The van der Waals surface area contributed by atoms with Crippen LogP contribution in [0.5, 0.6) is 0 Å². The number of piperidine rings is 1. The van der Waals surface area contributed by atoms with Crippen molar-refractivity contribution in [2.45, 2.75) is 39.0 Å². The van der Waals surface area contributed by atoms with Gasteiger partial charge in [-0.1, -0.05) is 24.1 Å². The van der Waals surface area contributed by atoms with E-state index in [1.807, 2.05) is 31.2 Å². The summed E-state index contributed by atoms with van der Waals surface area (Å²) in [6, 6.07) is 7.75. The zero-order valence-corrected chi connectivity index (χ0v) is 12.5. The molecule has 1 N–H and O–H groups in total. The summed E-state index contributed by atoms with van der Waals surface area (Å²) >= 11 is 0. The maximum Gasteiger partial charge on any atom is 0.251 e. The lowest BCUT2D eigenvalue weighted by atomic mass is 10.1. The number of unbranched alkanes of at least 4 members (excludes halogenated alkanes) is 1. The fourth-order valence-electron chi connectivity index (χ4n) is 2.73. The molecule has 1 fully saturated rings. The van der Waals surface area contributed by atoms with E-state index >= 15 is 0 Å². The molecule has 0 saturated carbocycles. The normalized spacial score (nSPS) is 16.1. The summed E-state index contributed by atoms with van der Waals surface area (Å²) in [7, 11) is 0. The molecule has 1 amide bonds. The van der Waals surface area contributed by atoms with Crippen molar-refractivity contribution in [3.63, 3.8) is 0 Å². The van der Waals surface area contributed by atoms with Gasteiger partial charge in [0.05, 0.1) is 0 Å². The van der Waals surface area contributed by atoms with Crippen LogP contribution in [0.3, 0.4) is 0 Å². The zero-order valence-electron chi connectivity index (χ0n) is 12.5. The quantitative estimate of drug-likeness (QED) is 0.809. The highest BCUT2D eigenvalue weighted by atomic mass is 16.1. The molecule has 0 spiro atoms. The highest BCUT2D eigenvalue weighted by Crippen LogP contribution is 2.09. The van der Waals surface area contributed by atoms with Crippen LogP contribution < -0.4 is 5.32 Å². The van der Waals surface area contributed by atoms with Crippen LogP contribution in [0.1, 0.15) is 48.0 Å². The number of amides is 1. The summed E-state index contributed by atoms with van der Waals surface area (Å²) < 4.78 is 0. The van der Waals surface area contributed by atoms with Crippen molar-refractivity contribution in [2.24, 2.45) is 0 Å². The molecule has 3 heteroatoms. The average molecular weight is 274 g/mol. The summed E-state index contributed by atoms with van der Waals surface area (Å²) in [5.74, 6) is 0.0478. The Bertz CT molecular complexity index is 425. The first-order chi connectivity index (χ1) is 9.75. The molecule has 1 aliphatic rings. The van der Waals surface area contributed by atoms with Gasteiger partial charge in [-0.2, -0.15) is 0 Å². The number of nitrogens with zero attached hydrogens (tertiary/aromatic N) is 1. The molecule has 0 aromatic heterocycles. The lowest BCUT2D eigenvalue weighted by molar-refractivity contribution is 0.0952. The molecule has 0 atom stereocenters. The second-order valence-corrected chi connectivity index (χ2v) is 5.73. The predicted molar refractivity (Wildman–Crippen MR) is 83.0 cm³/mol. The number of carbonyl (C=O) groups is 1. The van der Waals surface area contributed by atoms with Gasteiger partial charge in [0.25, 0.3) is 5.91 Å². The molecule has 2 rings (SSSR count). The Balaban J connectivity index is 1.59. The van der Waals surface area contributed by atoms with Crippen molar-refractivity contribution >= 4 is 5.91 Å². The van der Waals surface area contributed by atoms with Crippen LogP contribution in [-0.2, 0) is 0 Å². The third-order valence-electron chi connectivity index (χ3n) is 3.92. The summed E-state index contributed by atoms with van der Waals surface area (Å²) in [4.78, 5) is 14.5. The van der Waals surface area contributed by atoms with Crippen LogP contribution in [0.4, 0.5) is 0 Å². The van der Waals surface area contributed by atoms with Gasteiger partial charge in [-0.25, -0.2) is 0 Å². The minimum atomic E-state index is 0.0478. The minimum absolute atomic E-state index is 0.0478. The van der Waals surface area contributed by atoms with E-state index < -0.39 is 0 Å². The van der Waals surface area contributed by atoms with Crippen LogP contribution in [-0.4, -0.2) is 37.0 Å². The molecule has 3 nitrogen and oxygen atoms in total. The monoisotopic (exact) mass is 274 g/mol. The molecule has 1 aromatic rings. The average Bonchev–Trinajstić information content (AvgIpc) is 2.48. The van der Waals surface area contributed by atoms with Crippen LogP contribution in [0, 0.1) is 6.92 Å². The summed E-state index contributed by atoms with van der Waals surface area (Å²) in [6.07, 6.45) is 6.33. The van der Waals surface area contributed by atoms with Crippen LogP contribution >= 0.6 is 0 Å². The first kappa shape index (κ1) is 15.0. The van der Waals surface area contributed by atoms with Gasteiger partial charge in [0.15, 0.2) is 0 Å². The number of hydrogen-bond donors (Lipinski definition) is 1. The zero-order chi connectivity index (χ0) is 14.2. The van der Waals surface area contributed by atoms with Gasteiger partial charge in [0.1, 0.15) is 0 Å². The maximum absolute atomic E-state index is 11.9. The molecule has 1 heterocycles. The SMILES string of the molecule is Cc1cccc(C(=O)NCCCCN2CCCCC2)c1. The molecule has 0 radical (unpaired) electrons. The van der Waals surface area contributed by atoms with E-state index in [1.54, 1.807) is 0 Å². The van der Waals surface area contributed by atoms with Crippen molar-refractivity contribution < 1.29 is 4.79 Å². The van der Waals surface area contributed by atoms with Crippen molar-refractivity contribution in [1.82, 2.24) is 10.2 Å². The smallest absolute Gasteiger partial charge is 0.251 e. The Labute approximate surface area is 122 Å². The number of benzene rings is 1. The number of carbonyl (C=O) groups excluding carboxylic acids is 1. The van der Waals surface area contributed by atoms with Crippen LogP contribution in [0.25, 0.3) is 0 Å². The number of nitrogens with one attached hydrogen (secondary N) is 1. The lowest BCUT2D eigenvalue weighted by Gasteiger charge is -2.26. The van der Waals surface area contributed by atoms with E-state index in [2.05, 4.69) is 10.2 Å². The topological polar surface area (TPSA) is 32.3 Å². The Hall–Kier alpha value is -1.35. The van der Waals surface area contributed by atoms with Crippen molar-refractivity contribution in [3.05, 3.63) is 35.4 Å². The number of hydrogen-bond acceptors (Lipinski definition) is 2. The van der Waals surface area contributed by atoms with Gasteiger partial charge in [0, 0.05) is 12.1 Å². The molecule has 1 aliphatic heterocycles.